The van der Waals surface area contributed by atoms with Crippen LogP contribution >= 0.6 is 0 Å². The number of nitrogens with zero attached hydrogens (tertiary/aromatic N) is 1. The van der Waals surface area contributed by atoms with Gasteiger partial charge in [-0.1, -0.05) is 6.07 Å². The smallest absolute Gasteiger partial charge is 0.376 e. The number of ether oxygens (including phenoxy) is 1. The molecule has 0 radical (unpaired) electrons. The molecule has 1 saturated heterocycles. The van der Waals surface area contributed by atoms with E-state index in [0.29, 0.717) is 19.1 Å². The normalized spacial score (nSPS) is 20.5. The molecule has 1 aromatic heterocycles. The van der Waals surface area contributed by atoms with Crippen molar-refractivity contribution in [2.45, 2.75) is 45.0 Å². The number of aromatic nitrogens is 1. The van der Waals surface area contributed by atoms with Crippen molar-refractivity contribution in [3.8, 4) is 0 Å². The molecule has 1 aliphatic rings. The highest BCUT2D eigenvalue weighted by atomic mass is 19.4. The van der Waals surface area contributed by atoms with Crippen LogP contribution in [0.25, 0.3) is 0 Å². The molecule has 2 amide bonds. The maximum Gasteiger partial charge on any atom is 0.433 e. The van der Waals surface area contributed by atoms with Crippen molar-refractivity contribution in [2.75, 3.05) is 13.2 Å². The summed E-state index contributed by atoms with van der Waals surface area (Å²) in [6, 6.07) is 3.19. The molecule has 0 bridgehead atoms. The van der Waals surface area contributed by atoms with Gasteiger partial charge in [-0.05, 0) is 44.7 Å². The van der Waals surface area contributed by atoms with Crippen LogP contribution in [0.2, 0.25) is 0 Å². The lowest BCUT2D eigenvalue weighted by molar-refractivity contribution is -0.141. The summed E-state index contributed by atoms with van der Waals surface area (Å²) in [6.07, 6.45) is -2.77. The van der Waals surface area contributed by atoms with Crippen LogP contribution in [0.4, 0.5) is 18.0 Å². The van der Waals surface area contributed by atoms with E-state index in [4.69, 9.17) is 4.74 Å². The number of halogens is 3. The lowest BCUT2D eigenvalue weighted by Gasteiger charge is -2.35. The number of rotatable bonds is 4. The highest BCUT2D eigenvalue weighted by Crippen LogP contribution is 2.28. The molecule has 1 unspecified atom stereocenters. The van der Waals surface area contributed by atoms with Crippen LogP contribution < -0.4 is 10.6 Å². The summed E-state index contributed by atoms with van der Waals surface area (Å²) < 4.78 is 43.4. The maximum absolute atomic E-state index is 12.6. The largest absolute Gasteiger partial charge is 0.433 e. The Bertz CT molecular complexity index is 576. The van der Waals surface area contributed by atoms with Crippen LogP contribution in [-0.2, 0) is 17.5 Å². The van der Waals surface area contributed by atoms with E-state index in [2.05, 4.69) is 15.6 Å². The number of pyridine rings is 1. The molecule has 0 saturated carbocycles. The van der Waals surface area contributed by atoms with Gasteiger partial charge in [0.15, 0.2) is 0 Å². The van der Waals surface area contributed by atoms with Gasteiger partial charge in [0.25, 0.3) is 0 Å². The summed E-state index contributed by atoms with van der Waals surface area (Å²) in [6.45, 7) is 5.13. The summed E-state index contributed by atoms with van der Waals surface area (Å²) in [7, 11) is 0. The average Bonchev–Trinajstić information content (AvgIpc) is 2.49. The molecular weight excluding hydrogens is 323 g/mol. The minimum atomic E-state index is -4.49. The van der Waals surface area contributed by atoms with Crippen molar-refractivity contribution >= 4 is 6.03 Å². The number of amides is 2. The predicted molar refractivity (Wildman–Crippen MR) is 82.2 cm³/mol. The van der Waals surface area contributed by atoms with Gasteiger partial charge in [0.2, 0.25) is 0 Å². The van der Waals surface area contributed by atoms with E-state index in [1.807, 2.05) is 13.8 Å². The van der Waals surface area contributed by atoms with Gasteiger partial charge in [0.05, 0.1) is 17.8 Å². The van der Waals surface area contributed by atoms with Gasteiger partial charge in [-0.15, -0.1) is 0 Å². The predicted octanol–water partition coefficient (Wildman–Crippen LogP) is 3.10. The first-order valence-electron chi connectivity index (χ1n) is 7.84. The SMILES string of the molecule is CC1(C)CC(CNC(=O)NCc2cccc(C(F)(F)F)n2)CCO1. The third-order valence-electron chi connectivity index (χ3n) is 3.88. The van der Waals surface area contributed by atoms with Crippen LogP contribution in [0.3, 0.4) is 0 Å². The molecule has 5 nitrogen and oxygen atoms in total. The quantitative estimate of drug-likeness (QED) is 0.881. The minimum Gasteiger partial charge on any atom is -0.376 e. The molecule has 0 spiro atoms. The fourth-order valence-electron chi connectivity index (χ4n) is 2.74. The van der Waals surface area contributed by atoms with Crippen LogP contribution in [0.15, 0.2) is 18.2 Å². The number of alkyl halides is 3. The topological polar surface area (TPSA) is 63.2 Å². The van der Waals surface area contributed by atoms with E-state index in [0.717, 1.165) is 18.9 Å². The van der Waals surface area contributed by atoms with Gasteiger partial charge in [-0.3, -0.25) is 0 Å². The number of carbonyl (C=O) groups is 1. The minimum absolute atomic E-state index is 0.0605. The Hall–Kier alpha value is -1.83. The summed E-state index contributed by atoms with van der Waals surface area (Å²) in [5, 5.41) is 5.28. The number of urea groups is 1. The summed E-state index contributed by atoms with van der Waals surface area (Å²) in [5.74, 6) is 0.325. The first-order chi connectivity index (χ1) is 11.2. The molecule has 0 aromatic carbocycles. The molecule has 1 aromatic rings. The third kappa shape index (κ3) is 5.67. The first-order valence-corrected chi connectivity index (χ1v) is 7.84. The third-order valence-corrected chi connectivity index (χ3v) is 3.88. The number of hydrogen-bond acceptors (Lipinski definition) is 3. The Morgan fingerprint density at radius 3 is 2.79 bits per heavy atom. The summed E-state index contributed by atoms with van der Waals surface area (Å²) >= 11 is 0. The number of carbonyl (C=O) groups excluding carboxylic acids is 1. The van der Waals surface area contributed by atoms with Crippen molar-refractivity contribution in [1.82, 2.24) is 15.6 Å². The van der Waals surface area contributed by atoms with Gasteiger partial charge in [-0.2, -0.15) is 13.2 Å². The van der Waals surface area contributed by atoms with Crippen LogP contribution in [0.1, 0.15) is 38.1 Å². The molecule has 1 fully saturated rings. The zero-order valence-electron chi connectivity index (χ0n) is 13.7. The molecule has 8 heteroatoms. The molecule has 2 rings (SSSR count). The summed E-state index contributed by atoms with van der Waals surface area (Å²) in [4.78, 5) is 15.3. The van der Waals surface area contributed by atoms with Crippen molar-refractivity contribution < 1.29 is 22.7 Å². The molecule has 2 heterocycles. The first kappa shape index (κ1) is 18.5. The highest BCUT2D eigenvalue weighted by Gasteiger charge is 2.32. The Morgan fingerprint density at radius 1 is 1.38 bits per heavy atom. The summed E-state index contributed by atoms with van der Waals surface area (Å²) in [5.41, 5.74) is -0.998. The second-order valence-electron chi connectivity index (χ2n) is 6.54. The van der Waals surface area contributed by atoms with Crippen LogP contribution in [0.5, 0.6) is 0 Å². The van der Waals surface area contributed by atoms with E-state index in [1.165, 1.54) is 12.1 Å². The lowest BCUT2D eigenvalue weighted by atomic mass is 9.88. The van der Waals surface area contributed by atoms with Gasteiger partial charge >= 0.3 is 12.2 Å². The van der Waals surface area contributed by atoms with E-state index in [-0.39, 0.29) is 17.8 Å². The highest BCUT2D eigenvalue weighted by molar-refractivity contribution is 5.73. The van der Waals surface area contributed by atoms with Gasteiger partial charge in [0, 0.05) is 13.2 Å². The second kappa shape index (κ2) is 7.38. The van der Waals surface area contributed by atoms with Gasteiger partial charge < -0.3 is 15.4 Å². The zero-order valence-corrected chi connectivity index (χ0v) is 13.7. The fraction of sp³-hybridized carbons (Fsp3) is 0.625. The zero-order chi connectivity index (χ0) is 17.8. The van der Waals surface area contributed by atoms with Gasteiger partial charge in [0.1, 0.15) is 5.69 Å². The van der Waals surface area contributed by atoms with Crippen molar-refractivity contribution in [3.05, 3.63) is 29.6 Å². The van der Waals surface area contributed by atoms with Crippen molar-refractivity contribution in [3.63, 3.8) is 0 Å². The van der Waals surface area contributed by atoms with E-state index in [1.54, 1.807) is 0 Å². The monoisotopic (exact) mass is 345 g/mol. The van der Waals surface area contributed by atoms with Crippen LogP contribution in [-0.4, -0.2) is 29.8 Å². The fourth-order valence-corrected chi connectivity index (χ4v) is 2.74. The van der Waals surface area contributed by atoms with Gasteiger partial charge in [-0.25, -0.2) is 9.78 Å². The average molecular weight is 345 g/mol. The van der Waals surface area contributed by atoms with Crippen molar-refractivity contribution in [2.24, 2.45) is 5.92 Å². The Labute approximate surface area is 139 Å². The Kier molecular flexibility index (Phi) is 5.69. The Morgan fingerprint density at radius 2 is 2.12 bits per heavy atom. The molecule has 1 atom stereocenters. The lowest BCUT2D eigenvalue weighted by Crippen LogP contribution is -2.42. The second-order valence-corrected chi connectivity index (χ2v) is 6.54. The molecule has 0 aliphatic carbocycles. The number of nitrogens with one attached hydrogen (secondary N) is 2. The molecule has 24 heavy (non-hydrogen) atoms. The molecule has 1 aliphatic heterocycles. The number of hydrogen-bond donors (Lipinski definition) is 2. The van der Waals surface area contributed by atoms with Crippen LogP contribution in [0, 0.1) is 5.92 Å². The maximum atomic E-state index is 12.6. The molecule has 134 valence electrons. The standard InChI is InChI=1S/C16H22F3N3O2/c1-15(2)8-11(6-7-24-15)9-20-14(23)21-10-12-4-3-5-13(22-12)16(17,18)19/h3-5,11H,6-10H2,1-2H3,(H2,20,21,23). The Balaban J connectivity index is 1.77. The molecular formula is C16H22F3N3O2. The van der Waals surface area contributed by atoms with E-state index in [9.17, 15) is 18.0 Å². The molecule has 2 N–H and O–H groups in total. The van der Waals surface area contributed by atoms with Crippen molar-refractivity contribution in [1.29, 1.82) is 0 Å². The van der Waals surface area contributed by atoms with E-state index >= 15 is 0 Å². The van der Waals surface area contributed by atoms with E-state index < -0.39 is 17.9 Å².